The number of ether oxygens (including phenoxy) is 2. The maximum atomic E-state index is 13.3. The Balaban J connectivity index is 2.38. The summed E-state index contributed by atoms with van der Waals surface area (Å²) in [6.45, 7) is 8.35. The van der Waals surface area contributed by atoms with Crippen LogP contribution in [-0.2, 0) is 15.0 Å². The standard InChI is InChI=1S/C21H20FNO5/c1-11(24)26-16-10-15(21(3,4)5)19(27-12(2)25)20-17(16)18(23-28-20)13-6-8-14(22)9-7-13/h6-10H,1-5H3. The molecule has 3 aromatic rings. The van der Waals surface area contributed by atoms with Gasteiger partial charge < -0.3 is 14.0 Å². The van der Waals surface area contributed by atoms with Gasteiger partial charge in [0.25, 0.3) is 0 Å². The van der Waals surface area contributed by atoms with E-state index in [-0.39, 0.29) is 17.1 Å². The number of benzene rings is 2. The molecule has 0 aliphatic heterocycles. The number of hydrogen-bond acceptors (Lipinski definition) is 6. The molecule has 0 fully saturated rings. The number of carbonyl (C=O) groups excluding carboxylic acids is 2. The van der Waals surface area contributed by atoms with Crippen molar-refractivity contribution in [3.05, 3.63) is 41.7 Å². The lowest BCUT2D eigenvalue weighted by atomic mass is 9.85. The van der Waals surface area contributed by atoms with E-state index in [1.54, 1.807) is 6.07 Å². The quantitative estimate of drug-likeness (QED) is 0.477. The molecular weight excluding hydrogens is 365 g/mol. The summed E-state index contributed by atoms with van der Waals surface area (Å²) in [5, 5.41) is 4.44. The first-order valence-corrected chi connectivity index (χ1v) is 8.67. The van der Waals surface area contributed by atoms with E-state index >= 15 is 0 Å². The third-order valence-electron chi connectivity index (χ3n) is 4.09. The zero-order valence-electron chi connectivity index (χ0n) is 16.3. The number of carbonyl (C=O) groups is 2. The van der Waals surface area contributed by atoms with Crippen LogP contribution in [-0.4, -0.2) is 17.1 Å². The first-order chi connectivity index (χ1) is 13.1. The Morgan fingerprint density at radius 3 is 2.18 bits per heavy atom. The molecule has 3 rings (SSSR count). The summed E-state index contributed by atoms with van der Waals surface area (Å²) in [6, 6.07) is 7.29. The third kappa shape index (κ3) is 3.74. The Hall–Kier alpha value is -3.22. The number of rotatable bonds is 3. The maximum absolute atomic E-state index is 13.3. The van der Waals surface area contributed by atoms with Crippen molar-refractivity contribution in [3.8, 4) is 22.8 Å². The van der Waals surface area contributed by atoms with Crippen molar-refractivity contribution < 1.29 is 28.0 Å². The molecule has 0 saturated carbocycles. The Labute approximate surface area is 161 Å². The number of halogens is 1. The monoisotopic (exact) mass is 385 g/mol. The molecule has 1 heterocycles. The molecule has 0 amide bonds. The number of hydrogen-bond donors (Lipinski definition) is 0. The van der Waals surface area contributed by atoms with Gasteiger partial charge in [0.1, 0.15) is 17.3 Å². The van der Waals surface area contributed by atoms with E-state index in [1.807, 2.05) is 20.8 Å². The first-order valence-electron chi connectivity index (χ1n) is 8.67. The second-order valence-corrected chi connectivity index (χ2v) is 7.43. The topological polar surface area (TPSA) is 78.6 Å². The molecule has 2 aromatic carbocycles. The minimum Gasteiger partial charge on any atom is -0.426 e. The molecule has 0 radical (unpaired) electrons. The van der Waals surface area contributed by atoms with Crippen molar-refractivity contribution >= 4 is 22.9 Å². The number of esters is 2. The highest BCUT2D eigenvalue weighted by Crippen LogP contribution is 2.45. The highest BCUT2D eigenvalue weighted by atomic mass is 19.1. The Morgan fingerprint density at radius 2 is 1.64 bits per heavy atom. The largest absolute Gasteiger partial charge is 0.426 e. The second-order valence-electron chi connectivity index (χ2n) is 7.43. The van der Waals surface area contributed by atoms with Crippen molar-refractivity contribution in [2.75, 3.05) is 0 Å². The maximum Gasteiger partial charge on any atom is 0.308 e. The van der Waals surface area contributed by atoms with Crippen molar-refractivity contribution in [1.82, 2.24) is 5.16 Å². The van der Waals surface area contributed by atoms with Crippen LogP contribution in [0, 0.1) is 5.82 Å². The Kier molecular flexibility index (Phi) is 4.93. The zero-order chi connectivity index (χ0) is 20.6. The molecule has 0 saturated heterocycles. The van der Waals surface area contributed by atoms with Gasteiger partial charge in [-0.25, -0.2) is 4.39 Å². The molecule has 7 heteroatoms. The van der Waals surface area contributed by atoms with E-state index in [1.165, 1.54) is 38.1 Å². The predicted molar refractivity (Wildman–Crippen MR) is 101 cm³/mol. The SMILES string of the molecule is CC(=O)Oc1c(C(C)(C)C)cc(OC(C)=O)c2c(-c3ccc(F)cc3)noc12. The summed E-state index contributed by atoms with van der Waals surface area (Å²) < 4.78 is 29.7. The summed E-state index contributed by atoms with van der Waals surface area (Å²) >= 11 is 0. The minimum absolute atomic E-state index is 0.179. The zero-order valence-corrected chi connectivity index (χ0v) is 16.3. The van der Waals surface area contributed by atoms with Gasteiger partial charge in [0.15, 0.2) is 5.75 Å². The van der Waals surface area contributed by atoms with Crippen molar-refractivity contribution in [2.45, 2.75) is 40.0 Å². The van der Waals surface area contributed by atoms with Crippen LogP contribution in [0.5, 0.6) is 11.5 Å². The fraction of sp³-hybridized carbons (Fsp3) is 0.286. The summed E-state index contributed by atoms with van der Waals surface area (Å²) in [5.74, 6) is -0.998. The molecule has 0 atom stereocenters. The van der Waals surface area contributed by atoms with Crippen LogP contribution in [0.2, 0.25) is 0 Å². The number of nitrogens with zero attached hydrogens (tertiary/aromatic N) is 1. The molecule has 0 aliphatic rings. The van der Waals surface area contributed by atoms with E-state index in [4.69, 9.17) is 14.0 Å². The van der Waals surface area contributed by atoms with Crippen LogP contribution in [0.25, 0.3) is 22.2 Å². The van der Waals surface area contributed by atoms with Crippen LogP contribution in [0.15, 0.2) is 34.9 Å². The molecule has 0 spiro atoms. The average Bonchev–Trinajstić information content (AvgIpc) is 3.01. The van der Waals surface area contributed by atoms with E-state index in [0.717, 1.165) is 0 Å². The lowest BCUT2D eigenvalue weighted by Gasteiger charge is -2.23. The van der Waals surface area contributed by atoms with Crippen LogP contribution in [0.4, 0.5) is 4.39 Å². The summed E-state index contributed by atoms with van der Waals surface area (Å²) in [6.07, 6.45) is 0. The molecule has 0 aliphatic carbocycles. The average molecular weight is 385 g/mol. The number of fused-ring (bicyclic) bond motifs is 1. The van der Waals surface area contributed by atoms with Crippen molar-refractivity contribution in [2.24, 2.45) is 0 Å². The van der Waals surface area contributed by atoms with Gasteiger partial charge >= 0.3 is 11.9 Å². The molecular formula is C21H20FNO5. The van der Waals surface area contributed by atoms with E-state index in [2.05, 4.69) is 5.16 Å². The molecule has 1 aromatic heterocycles. The van der Waals surface area contributed by atoms with Gasteiger partial charge in [-0.1, -0.05) is 25.9 Å². The van der Waals surface area contributed by atoms with Crippen LogP contribution < -0.4 is 9.47 Å². The minimum atomic E-state index is -0.522. The Morgan fingerprint density at radius 1 is 1.04 bits per heavy atom. The van der Waals surface area contributed by atoms with Gasteiger partial charge in [-0.2, -0.15) is 0 Å². The van der Waals surface area contributed by atoms with Gasteiger partial charge in [-0.3, -0.25) is 9.59 Å². The highest BCUT2D eigenvalue weighted by Gasteiger charge is 2.29. The first kappa shape index (κ1) is 19.5. The summed E-state index contributed by atoms with van der Waals surface area (Å²) in [5.41, 5.74) is 1.26. The van der Waals surface area contributed by atoms with E-state index in [9.17, 15) is 14.0 Å². The summed E-state index contributed by atoms with van der Waals surface area (Å²) in [7, 11) is 0. The van der Waals surface area contributed by atoms with E-state index in [0.29, 0.717) is 22.2 Å². The molecule has 146 valence electrons. The van der Waals surface area contributed by atoms with Gasteiger partial charge in [0.05, 0.1) is 5.39 Å². The normalized spacial score (nSPS) is 11.5. The lowest BCUT2D eigenvalue weighted by molar-refractivity contribution is -0.133. The van der Waals surface area contributed by atoms with Crippen molar-refractivity contribution in [3.63, 3.8) is 0 Å². The predicted octanol–water partition coefficient (Wildman–Crippen LogP) is 4.78. The van der Waals surface area contributed by atoms with Gasteiger partial charge in [-0.15, -0.1) is 0 Å². The van der Waals surface area contributed by atoms with Gasteiger partial charge in [0.2, 0.25) is 5.58 Å². The fourth-order valence-corrected chi connectivity index (χ4v) is 2.91. The second kappa shape index (κ2) is 7.07. The molecule has 0 N–H and O–H groups in total. The van der Waals surface area contributed by atoms with Crippen molar-refractivity contribution in [1.29, 1.82) is 0 Å². The molecule has 0 unspecified atom stereocenters. The smallest absolute Gasteiger partial charge is 0.308 e. The Bertz CT molecular complexity index is 1060. The van der Waals surface area contributed by atoms with E-state index < -0.39 is 23.2 Å². The fourth-order valence-electron chi connectivity index (χ4n) is 2.91. The molecule has 0 bridgehead atoms. The van der Waals surface area contributed by atoms with Crippen LogP contribution >= 0.6 is 0 Å². The molecule has 28 heavy (non-hydrogen) atoms. The third-order valence-corrected chi connectivity index (χ3v) is 4.09. The molecule has 6 nitrogen and oxygen atoms in total. The van der Waals surface area contributed by atoms with Crippen LogP contribution in [0.1, 0.15) is 40.2 Å². The van der Waals surface area contributed by atoms with Gasteiger partial charge in [0, 0.05) is 25.0 Å². The van der Waals surface area contributed by atoms with Crippen LogP contribution in [0.3, 0.4) is 0 Å². The summed E-state index contributed by atoms with van der Waals surface area (Å²) in [4.78, 5) is 23.4. The number of aromatic nitrogens is 1. The highest BCUT2D eigenvalue weighted by molar-refractivity contribution is 6.02. The van der Waals surface area contributed by atoms with Gasteiger partial charge in [-0.05, 0) is 35.7 Å². The lowest BCUT2D eigenvalue weighted by Crippen LogP contribution is -2.16.